The second kappa shape index (κ2) is 8.83. The number of carbonyl (C=O) groups is 1. The summed E-state index contributed by atoms with van der Waals surface area (Å²) >= 11 is 0. The third kappa shape index (κ3) is 4.30. The van der Waals surface area contributed by atoms with Gasteiger partial charge in [-0.15, -0.1) is 0 Å². The van der Waals surface area contributed by atoms with Crippen LogP contribution >= 0.6 is 0 Å². The van der Waals surface area contributed by atoms with Crippen molar-refractivity contribution in [3.63, 3.8) is 0 Å². The summed E-state index contributed by atoms with van der Waals surface area (Å²) in [4.78, 5) is 19.0. The number of hydrogen-bond donors (Lipinski definition) is 2. The van der Waals surface area contributed by atoms with Crippen LogP contribution in [-0.4, -0.2) is 48.8 Å². The van der Waals surface area contributed by atoms with E-state index < -0.39 is 28.2 Å². The Kier molecular flexibility index (Phi) is 6.11. The first-order valence-electron chi connectivity index (χ1n) is 10.1. The van der Waals surface area contributed by atoms with E-state index in [0.29, 0.717) is 24.1 Å². The molecule has 1 fully saturated rings. The number of H-pyrrole nitrogens is 1. The summed E-state index contributed by atoms with van der Waals surface area (Å²) in [6, 6.07) is 8.73. The molecule has 0 saturated carbocycles. The van der Waals surface area contributed by atoms with Crippen LogP contribution in [0.2, 0.25) is 0 Å². The van der Waals surface area contributed by atoms with Gasteiger partial charge >= 0.3 is 0 Å². The summed E-state index contributed by atoms with van der Waals surface area (Å²) in [6.07, 6.45) is -0.180. The zero-order valence-electron chi connectivity index (χ0n) is 17.3. The minimum Gasteiger partial charge on any atom is -0.495 e. The summed E-state index contributed by atoms with van der Waals surface area (Å²) < 4.78 is 58.6. The van der Waals surface area contributed by atoms with Crippen molar-refractivity contribution in [2.75, 3.05) is 25.5 Å². The number of hydrogen-bond acceptors (Lipinski definition) is 5. The van der Waals surface area contributed by atoms with E-state index in [0.717, 1.165) is 19.3 Å². The van der Waals surface area contributed by atoms with E-state index in [4.69, 9.17) is 4.74 Å². The molecule has 0 radical (unpaired) electrons. The first kappa shape index (κ1) is 22.2. The molecule has 1 amide bonds. The highest BCUT2D eigenvalue weighted by molar-refractivity contribution is 7.89. The minimum atomic E-state index is -3.79. The molecule has 1 saturated heterocycles. The van der Waals surface area contributed by atoms with Crippen LogP contribution in [0.15, 0.2) is 41.3 Å². The van der Waals surface area contributed by atoms with Crippen molar-refractivity contribution in [3.05, 3.63) is 47.8 Å². The maximum absolute atomic E-state index is 13.1. The number of benzene rings is 2. The molecule has 1 aromatic heterocycles. The molecule has 0 spiro atoms. The summed E-state index contributed by atoms with van der Waals surface area (Å²) in [5.41, 5.74) is 1.09. The number of methoxy groups -OCH3 is 1. The van der Waals surface area contributed by atoms with Crippen molar-refractivity contribution in [1.82, 2.24) is 14.3 Å². The number of alkyl halides is 2. The van der Waals surface area contributed by atoms with Crippen molar-refractivity contribution in [2.45, 2.75) is 30.6 Å². The molecule has 1 aliphatic heterocycles. The number of fused-ring (bicyclic) bond motifs is 1. The molecule has 4 rings (SSSR count). The van der Waals surface area contributed by atoms with Gasteiger partial charge in [-0.3, -0.25) is 4.79 Å². The van der Waals surface area contributed by atoms with Crippen molar-refractivity contribution < 1.29 is 26.7 Å². The Morgan fingerprint density at radius 3 is 2.59 bits per heavy atom. The van der Waals surface area contributed by atoms with Gasteiger partial charge in [0.2, 0.25) is 10.0 Å². The number of amides is 1. The number of aromatic amines is 1. The Morgan fingerprint density at radius 1 is 1.16 bits per heavy atom. The van der Waals surface area contributed by atoms with Crippen LogP contribution in [0.1, 0.15) is 41.9 Å². The number of halogens is 2. The predicted octanol–water partition coefficient (Wildman–Crippen LogP) is 3.94. The van der Waals surface area contributed by atoms with Crippen molar-refractivity contribution >= 4 is 32.7 Å². The molecule has 0 atom stereocenters. The molecule has 3 aromatic rings. The number of nitrogens with zero attached hydrogens (tertiary/aromatic N) is 2. The number of rotatable bonds is 6. The summed E-state index contributed by atoms with van der Waals surface area (Å²) in [7, 11) is -2.40. The van der Waals surface area contributed by atoms with Crippen LogP contribution in [0.3, 0.4) is 0 Å². The Balaban J connectivity index is 1.61. The number of aromatic nitrogens is 2. The van der Waals surface area contributed by atoms with Crippen molar-refractivity contribution in [1.29, 1.82) is 0 Å². The van der Waals surface area contributed by atoms with Gasteiger partial charge in [0.1, 0.15) is 10.6 Å². The lowest BCUT2D eigenvalue weighted by Crippen LogP contribution is -2.35. The Morgan fingerprint density at radius 2 is 1.91 bits per heavy atom. The summed E-state index contributed by atoms with van der Waals surface area (Å²) in [5.74, 6) is -0.807. The molecule has 1 aliphatic rings. The van der Waals surface area contributed by atoms with Gasteiger partial charge in [-0.2, -0.15) is 4.31 Å². The van der Waals surface area contributed by atoms with Gasteiger partial charge in [-0.25, -0.2) is 22.2 Å². The van der Waals surface area contributed by atoms with E-state index in [9.17, 15) is 22.0 Å². The van der Waals surface area contributed by atoms with Crippen LogP contribution in [-0.2, 0) is 10.0 Å². The van der Waals surface area contributed by atoms with Gasteiger partial charge in [-0.05, 0) is 49.2 Å². The van der Waals surface area contributed by atoms with Gasteiger partial charge in [-0.1, -0.05) is 6.42 Å². The quantitative estimate of drug-likeness (QED) is 0.575. The highest BCUT2D eigenvalue weighted by Crippen LogP contribution is 2.31. The lowest BCUT2D eigenvalue weighted by molar-refractivity contribution is 0.102. The number of ether oxygens (including phenoxy) is 1. The topological polar surface area (TPSA) is 104 Å². The highest BCUT2D eigenvalue weighted by atomic mass is 32.2. The van der Waals surface area contributed by atoms with Gasteiger partial charge in [0.05, 0.1) is 18.1 Å². The maximum atomic E-state index is 13.1. The van der Waals surface area contributed by atoms with Crippen LogP contribution in [0.4, 0.5) is 14.5 Å². The maximum Gasteiger partial charge on any atom is 0.295 e. The number of carbonyl (C=O) groups excluding carboxylic acids is 1. The number of imidazole rings is 1. The Hall–Kier alpha value is -3.05. The molecule has 32 heavy (non-hydrogen) atoms. The number of nitrogens with one attached hydrogen (secondary N) is 2. The molecule has 0 bridgehead atoms. The molecular formula is C21H22F2N4O4S. The van der Waals surface area contributed by atoms with Crippen LogP contribution < -0.4 is 10.1 Å². The number of piperidine rings is 1. The van der Waals surface area contributed by atoms with E-state index >= 15 is 0 Å². The average molecular weight is 464 g/mol. The van der Waals surface area contributed by atoms with Crippen molar-refractivity contribution in [3.8, 4) is 5.75 Å². The monoisotopic (exact) mass is 464 g/mol. The van der Waals surface area contributed by atoms with E-state index in [1.165, 1.54) is 47.8 Å². The fourth-order valence-electron chi connectivity index (χ4n) is 3.68. The minimum absolute atomic E-state index is 0.0229. The van der Waals surface area contributed by atoms with E-state index in [-0.39, 0.29) is 21.9 Å². The standard InChI is InChI=1S/C21H22F2N4O4S/c1-31-17-8-6-14(12-18(17)32(29,30)27-9-3-2-4-10-27)24-21(28)13-5-7-15-16(11-13)26-20(25-15)19(22)23/h5-8,11-12,19H,2-4,9-10H2,1H3,(H,24,28)(H,25,26). The molecular weight excluding hydrogens is 442 g/mol. The third-order valence-electron chi connectivity index (χ3n) is 5.32. The molecule has 8 nitrogen and oxygen atoms in total. The third-order valence-corrected chi connectivity index (χ3v) is 7.24. The van der Waals surface area contributed by atoms with Gasteiger partial charge in [0, 0.05) is 24.3 Å². The fraction of sp³-hybridized carbons (Fsp3) is 0.333. The number of anilines is 1. The molecule has 170 valence electrons. The highest BCUT2D eigenvalue weighted by Gasteiger charge is 2.29. The first-order chi connectivity index (χ1) is 15.3. The predicted molar refractivity (Wildman–Crippen MR) is 115 cm³/mol. The Labute approximate surface area is 183 Å². The van der Waals surface area contributed by atoms with Crippen LogP contribution in [0.5, 0.6) is 5.75 Å². The summed E-state index contributed by atoms with van der Waals surface area (Å²) in [6.45, 7) is 0.875. The van der Waals surface area contributed by atoms with Gasteiger partial charge in [0.15, 0.2) is 5.82 Å². The molecule has 2 N–H and O–H groups in total. The normalized spacial score (nSPS) is 15.2. The first-order valence-corrected chi connectivity index (χ1v) is 11.5. The fourth-order valence-corrected chi connectivity index (χ4v) is 5.38. The average Bonchev–Trinajstić information content (AvgIpc) is 3.23. The molecule has 2 aromatic carbocycles. The smallest absolute Gasteiger partial charge is 0.295 e. The number of sulfonamides is 1. The second-order valence-corrected chi connectivity index (χ2v) is 9.35. The molecule has 11 heteroatoms. The molecule has 2 heterocycles. The summed E-state index contributed by atoms with van der Waals surface area (Å²) in [5, 5.41) is 2.66. The molecule has 0 aliphatic carbocycles. The molecule has 0 unspecified atom stereocenters. The van der Waals surface area contributed by atoms with Crippen LogP contribution in [0.25, 0.3) is 11.0 Å². The van der Waals surface area contributed by atoms with Crippen LogP contribution in [0, 0.1) is 0 Å². The van der Waals surface area contributed by atoms with Crippen molar-refractivity contribution in [2.24, 2.45) is 0 Å². The van der Waals surface area contributed by atoms with Gasteiger partial charge < -0.3 is 15.0 Å². The lowest BCUT2D eigenvalue weighted by Gasteiger charge is -2.26. The second-order valence-electron chi connectivity index (χ2n) is 7.44. The van der Waals surface area contributed by atoms with Gasteiger partial charge in [0.25, 0.3) is 12.3 Å². The van der Waals surface area contributed by atoms with E-state index in [1.54, 1.807) is 0 Å². The Bertz CT molecular complexity index is 1250. The lowest BCUT2D eigenvalue weighted by atomic mass is 10.2. The van der Waals surface area contributed by atoms with E-state index in [1.807, 2.05) is 0 Å². The van der Waals surface area contributed by atoms with E-state index in [2.05, 4.69) is 15.3 Å². The SMILES string of the molecule is COc1ccc(NC(=O)c2ccc3nc(C(F)F)[nH]c3c2)cc1S(=O)(=O)N1CCCCC1. The zero-order valence-corrected chi connectivity index (χ0v) is 18.1. The largest absolute Gasteiger partial charge is 0.495 e. The zero-order chi connectivity index (χ0) is 22.9.